The second kappa shape index (κ2) is 13.1. The molecule has 0 radical (unpaired) electrons. The minimum Gasteiger partial charge on any atom is -0.465 e. The van der Waals surface area contributed by atoms with Crippen LogP contribution in [0.4, 0.5) is 16.4 Å². The smallest absolute Gasteiger partial charge is 0.341 e. The number of hydrogen-bond acceptors (Lipinski definition) is 7. The number of methoxy groups -OCH3 is 1. The van der Waals surface area contributed by atoms with Crippen LogP contribution in [0.25, 0.3) is 0 Å². The molecular weight excluding hydrogens is 553 g/mol. The molecule has 0 aliphatic carbocycles. The van der Waals surface area contributed by atoms with Gasteiger partial charge in [0.05, 0.1) is 24.5 Å². The Morgan fingerprint density at radius 2 is 1.79 bits per heavy atom. The molecule has 39 heavy (non-hydrogen) atoms. The van der Waals surface area contributed by atoms with E-state index in [0.717, 1.165) is 26.7 Å². The highest BCUT2D eigenvalue weighted by Crippen LogP contribution is 2.38. The Balaban J connectivity index is 1.45. The van der Waals surface area contributed by atoms with Gasteiger partial charge >= 0.3 is 5.97 Å². The van der Waals surface area contributed by atoms with E-state index in [9.17, 15) is 14.4 Å². The van der Waals surface area contributed by atoms with E-state index in [1.54, 1.807) is 4.90 Å². The molecule has 1 aromatic heterocycles. The molecule has 0 saturated carbocycles. The van der Waals surface area contributed by atoms with E-state index in [-0.39, 0.29) is 11.8 Å². The summed E-state index contributed by atoms with van der Waals surface area (Å²) in [6, 6.07) is 17.4. The van der Waals surface area contributed by atoms with E-state index in [1.807, 2.05) is 61.5 Å². The third-order valence-electron chi connectivity index (χ3n) is 6.19. The van der Waals surface area contributed by atoms with Gasteiger partial charge in [0.2, 0.25) is 11.8 Å². The summed E-state index contributed by atoms with van der Waals surface area (Å²) in [4.78, 5) is 41.5. The van der Waals surface area contributed by atoms with E-state index < -0.39 is 11.2 Å². The van der Waals surface area contributed by atoms with E-state index in [2.05, 4.69) is 16.0 Å². The van der Waals surface area contributed by atoms with Crippen molar-refractivity contribution in [3.8, 4) is 0 Å². The number of thiophene rings is 1. The third-order valence-corrected chi connectivity index (χ3v) is 8.89. The molecule has 0 fully saturated rings. The molecule has 8 nitrogen and oxygen atoms in total. The molecule has 204 valence electrons. The van der Waals surface area contributed by atoms with Crippen molar-refractivity contribution in [1.82, 2.24) is 4.90 Å². The molecule has 2 amide bonds. The van der Waals surface area contributed by atoms with Gasteiger partial charge in [-0.25, -0.2) is 4.79 Å². The fraction of sp³-hybridized carbons (Fsp3) is 0.286. The number of thioether (sulfide) groups is 1. The van der Waals surface area contributed by atoms with Crippen molar-refractivity contribution >= 4 is 74.6 Å². The minimum atomic E-state index is -0.487. The monoisotopic (exact) mass is 582 g/mol. The maximum atomic E-state index is 13.4. The summed E-state index contributed by atoms with van der Waals surface area (Å²) in [5.41, 5.74) is 2.93. The van der Waals surface area contributed by atoms with Gasteiger partial charge in [-0.15, -0.1) is 23.1 Å². The molecule has 3 aromatic rings. The maximum Gasteiger partial charge on any atom is 0.341 e. The van der Waals surface area contributed by atoms with Crippen LogP contribution < -0.4 is 16.0 Å². The van der Waals surface area contributed by atoms with Gasteiger partial charge in [-0.2, -0.15) is 0 Å². The van der Waals surface area contributed by atoms with Crippen LogP contribution in [0.1, 0.15) is 41.1 Å². The normalized spacial score (nSPS) is 13.2. The minimum absolute atomic E-state index is 0.0185. The second-order valence-electron chi connectivity index (χ2n) is 8.87. The topological polar surface area (TPSA) is 99.8 Å². The molecule has 4 rings (SSSR count). The third kappa shape index (κ3) is 7.17. The lowest BCUT2D eigenvalue weighted by Gasteiger charge is -2.25. The molecule has 11 heteroatoms. The zero-order valence-electron chi connectivity index (χ0n) is 21.9. The maximum absolute atomic E-state index is 13.4. The van der Waals surface area contributed by atoms with Gasteiger partial charge < -0.3 is 25.6 Å². The highest BCUT2D eigenvalue weighted by molar-refractivity contribution is 8.00. The van der Waals surface area contributed by atoms with Crippen molar-refractivity contribution in [2.75, 3.05) is 29.6 Å². The predicted octanol–water partition coefficient (Wildman–Crippen LogP) is 5.76. The number of nitrogens with one attached hydrogen (secondary N) is 3. The number of nitrogens with zero attached hydrogens (tertiary/aromatic N) is 1. The average Bonchev–Trinajstić information content (AvgIpc) is 3.28. The van der Waals surface area contributed by atoms with Crippen LogP contribution in [0.5, 0.6) is 0 Å². The first-order valence-electron chi connectivity index (χ1n) is 12.5. The summed E-state index contributed by atoms with van der Waals surface area (Å²) in [5.74, 6) is -0.706. The molecule has 1 aliphatic heterocycles. The van der Waals surface area contributed by atoms with Gasteiger partial charge in [0.15, 0.2) is 5.11 Å². The van der Waals surface area contributed by atoms with E-state index >= 15 is 0 Å². The average molecular weight is 583 g/mol. The summed E-state index contributed by atoms with van der Waals surface area (Å²) in [5, 5.41) is 9.85. The van der Waals surface area contributed by atoms with Gasteiger partial charge in [-0.3, -0.25) is 9.59 Å². The predicted molar refractivity (Wildman–Crippen MR) is 162 cm³/mol. The summed E-state index contributed by atoms with van der Waals surface area (Å²) >= 11 is 8.21. The molecule has 0 spiro atoms. The number of rotatable bonds is 8. The van der Waals surface area contributed by atoms with Crippen molar-refractivity contribution in [2.24, 2.45) is 0 Å². The number of para-hydroxylation sites is 1. The number of carbonyl (C=O) groups is 3. The molecule has 1 aliphatic rings. The van der Waals surface area contributed by atoms with Crippen molar-refractivity contribution in [3.05, 3.63) is 70.6 Å². The van der Waals surface area contributed by atoms with E-state index in [4.69, 9.17) is 17.0 Å². The van der Waals surface area contributed by atoms with E-state index in [1.165, 1.54) is 37.1 Å². The van der Waals surface area contributed by atoms with Crippen LogP contribution in [-0.2, 0) is 27.3 Å². The zero-order chi connectivity index (χ0) is 27.9. The highest BCUT2D eigenvalue weighted by atomic mass is 32.2. The standard InChI is InChI=1S/C28H30N4O4S3/c1-4-22(38-20-12-8-11-19(15-20)30-28(37)29-18-9-6-5-7-10-18)25(34)31-26-24(27(35)36-3)21-13-14-32(17(2)33)16-23(21)39-26/h5-12,15,22H,4,13-14,16H2,1-3H3,(H,31,34)(H2,29,30,37). The Kier molecular flexibility index (Phi) is 9.60. The second-order valence-corrected chi connectivity index (χ2v) is 11.7. The van der Waals surface area contributed by atoms with Crippen molar-refractivity contribution < 1.29 is 19.1 Å². The number of amides is 2. The van der Waals surface area contributed by atoms with Crippen LogP contribution in [0.3, 0.4) is 0 Å². The molecule has 1 atom stereocenters. The van der Waals surface area contributed by atoms with Gasteiger partial charge in [0.1, 0.15) is 5.00 Å². The largest absolute Gasteiger partial charge is 0.465 e. The number of benzene rings is 2. The number of carbonyl (C=O) groups excluding carboxylic acids is 3. The molecule has 1 unspecified atom stereocenters. The molecule has 0 bridgehead atoms. The number of thiocarbonyl (C=S) groups is 1. The van der Waals surface area contributed by atoms with Crippen LogP contribution in [0.2, 0.25) is 0 Å². The lowest BCUT2D eigenvalue weighted by molar-refractivity contribution is -0.129. The SMILES string of the molecule is CCC(Sc1cccc(NC(=S)Nc2ccccc2)c1)C(=O)Nc1sc2c(c1C(=O)OC)CCN(C(C)=O)C2. The van der Waals surface area contributed by atoms with Gasteiger partial charge in [-0.1, -0.05) is 31.2 Å². The molecular formula is C28H30N4O4S3. The quantitative estimate of drug-likeness (QED) is 0.175. The number of anilines is 3. The summed E-state index contributed by atoms with van der Waals surface area (Å²) in [6.45, 7) is 4.42. The van der Waals surface area contributed by atoms with Crippen LogP contribution in [0.15, 0.2) is 59.5 Å². The Hall–Kier alpha value is -3.41. The summed E-state index contributed by atoms with van der Waals surface area (Å²) < 4.78 is 5.03. The van der Waals surface area contributed by atoms with Crippen molar-refractivity contribution in [1.29, 1.82) is 0 Å². The van der Waals surface area contributed by atoms with Crippen LogP contribution in [0, 0.1) is 0 Å². The summed E-state index contributed by atoms with van der Waals surface area (Å²) in [6.07, 6.45) is 1.12. The van der Waals surface area contributed by atoms with E-state index in [0.29, 0.717) is 41.6 Å². The number of ether oxygens (including phenoxy) is 1. The lowest BCUT2D eigenvalue weighted by atomic mass is 10.0. The number of hydrogen-bond donors (Lipinski definition) is 3. The zero-order valence-corrected chi connectivity index (χ0v) is 24.4. The molecule has 0 saturated heterocycles. The van der Waals surface area contributed by atoms with Crippen molar-refractivity contribution in [3.63, 3.8) is 0 Å². The van der Waals surface area contributed by atoms with Crippen LogP contribution in [-0.4, -0.2) is 46.7 Å². The van der Waals surface area contributed by atoms with Crippen molar-refractivity contribution in [2.45, 2.75) is 43.4 Å². The van der Waals surface area contributed by atoms with Gasteiger partial charge in [0.25, 0.3) is 0 Å². The highest BCUT2D eigenvalue weighted by Gasteiger charge is 2.31. The van der Waals surface area contributed by atoms with Gasteiger partial charge in [-0.05, 0) is 61.0 Å². The Morgan fingerprint density at radius 3 is 2.49 bits per heavy atom. The Morgan fingerprint density at radius 1 is 1.08 bits per heavy atom. The first-order chi connectivity index (χ1) is 18.8. The summed E-state index contributed by atoms with van der Waals surface area (Å²) in [7, 11) is 1.33. The fourth-order valence-electron chi connectivity index (χ4n) is 4.22. The first-order valence-corrected chi connectivity index (χ1v) is 14.6. The molecule has 2 aromatic carbocycles. The first kappa shape index (κ1) is 28.6. The number of esters is 1. The number of fused-ring (bicyclic) bond motifs is 1. The fourth-order valence-corrected chi connectivity index (χ4v) is 6.72. The van der Waals surface area contributed by atoms with Gasteiger partial charge in [0, 0.05) is 34.6 Å². The lowest BCUT2D eigenvalue weighted by Crippen LogP contribution is -2.34. The molecule has 2 heterocycles. The Labute approximate surface area is 241 Å². The Bertz CT molecular complexity index is 1380. The molecule has 3 N–H and O–H groups in total. The van der Waals surface area contributed by atoms with Crippen LogP contribution >= 0.6 is 35.3 Å².